The van der Waals surface area contributed by atoms with Gasteiger partial charge in [-0.2, -0.15) is 0 Å². The summed E-state index contributed by atoms with van der Waals surface area (Å²) in [6.45, 7) is 0. The Morgan fingerprint density at radius 1 is 1.19 bits per heavy atom. The van der Waals surface area contributed by atoms with Gasteiger partial charge in [-0.15, -0.1) is 0 Å². The molecule has 1 saturated carbocycles. The third kappa shape index (κ3) is 2.59. The van der Waals surface area contributed by atoms with E-state index in [4.69, 9.17) is 28.9 Å². The summed E-state index contributed by atoms with van der Waals surface area (Å²) >= 11 is 12.1. The molecule has 88 valence electrons. The van der Waals surface area contributed by atoms with Crippen LogP contribution in [0.1, 0.15) is 25.7 Å². The van der Waals surface area contributed by atoms with Crippen LogP contribution in [0, 0.1) is 0 Å². The molecular formula is C11H15Cl2N3. The molecule has 16 heavy (non-hydrogen) atoms. The van der Waals surface area contributed by atoms with E-state index >= 15 is 0 Å². The second-order valence-corrected chi connectivity index (χ2v) is 4.99. The van der Waals surface area contributed by atoms with Gasteiger partial charge in [0.05, 0.1) is 15.7 Å². The van der Waals surface area contributed by atoms with Crippen LogP contribution in [0.2, 0.25) is 10.0 Å². The minimum atomic E-state index is 0.175. The molecule has 2 atom stereocenters. The van der Waals surface area contributed by atoms with Crippen molar-refractivity contribution >= 4 is 28.9 Å². The van der Waals surface area contributed by atoms with E-state index in [2.05, 4.69) is 10.3 Å². The number of hydrogen-bond acceptors (Lipinski definition) is 3. The summed E-state index contributed by atoms with van der Waals surface area (Å²) in [6.07, 6.45) is 7.70. The van der Waals surface area contributed by atoms with Crippen molar-refractivity contribution in [1.29, 1.82) is 0 Å². The van der Waals surface area contributed by atoms with Gasteiger partial charge in [0.2, 0.25) is 0 Å². The van der Waals surface area contributed by atoms with Crippen LogP contribution < -0.4 is 11.1 Å². The number of hydrogen-bond donors (Lipinski definition) is 2. The topological polar surface area (TPSA) is 50.9 Å². The van der Waals surface area contributed by atoms with Crippen LogP contribution in [0.4, 0.5) is 5.69 Å². The lowest BCUT2D eigenvalue weighted by Crippen LogP contribution is -2.42. The van der Waals surface area contributed by atoms with Crippen molar-refractivity contribution in [1.82, 2.24) is 4.98 Å². The predicted molar refractivity (Wildman–Crippen MR) is 68.1 cm³/mol. The van der Waals surface area contributed by atoms with Crippen molar-refractivity contribution in [3.8, 4) is 0 Å². The average molecular weight is 260 g/mol. The molecule has 3 nitrogen and oxygen atoms in total. The molecule has 0 amide bonds. The van der Waals surface area contributed by atoms with E-state index in [9.17, 15) is 0 Å². The zero-order valence-corrected chi connectivity index (χ0v) is 10.4. The van der Waals surface area contributed by atoms with E-state index in [-0.39, 0.29) is 12.1 Å². The monoisotopic (exact) mass is 259 g/mol. The first-order valence-electron chi connectivity index (χ1n) is 5.49. The van der Waals surface area contributed by atoms with Gasteiger partial charge in [0.15, 0.2) is 0 Å². The first-order valence-corrected chi connectivity index (χ1v) is 6.25. The van der Waals surface area contributed by atoms with E-state index in [0.29, 0.717) is 10.0 Å². The molecule has 0 saturated heterocycles. The molecule has 5 heteroatoms. The second kappa shape index (κ2) is 5.21. The predicted octanol–water partition coefficient (Wildman–Crippen LogP) is 3.07. The molecule has 3 N–H and O–H groups in total. The molecule has 1 aliphatic carbocycles. The molecule has 1 fully saturated rings. The van der Waals surface area contributed by atoms with Crippen molar-refractivity contribution < 1.29 is 0 Å². The van der Waals surface area contributed by atoms with E-state index in [1.807, 2.05) is 0 Å². The number of aromatic nitrogens is 1. The molecule has 0 aliphatic heterocycles. The lowest BCUT2D eigenvalue weighted by molar-refractivity contribution is 0.404. The smallest absolute Gasteiger partial charge is 0.0836 e. The van der Waals surface area contributed by atoms with Gasteiger partial charge >= 0.3 is 0 Å². The molecule has 0 spiro atoms. The van der Waals surface area contributed by atoms with Crippen LogP contribution >= 0.6 is 23.2 Å². The summed E-state index contributed by atoms with van der Waals surface area (Å²) in [4.78, 5) is 3.92. The lowest BCUT2D eigenvalue weighted by Gasteiger charge is -2.30. The number of nitrogens with zero attached hydrogens (tertiary/aromatic N) is 1. The highest BCUT2D eigenvalue weighted by atomic mass is 35.5. The first-order chi connectivity index (χ1) is 7.68. The fourth-order valence-electron chi connectivity index (χ4n) is 2.07. The van der Waals surface area contributed by atoms with Crippen LogP contribution in [-0.2, 0) is 0 Å². The Morgan fingerprint density at radius 3 is 2.44 bits per heavy atom. The average Bonchev–Trinajstić information content (AvgIpc) is 2.26. The summed E-state index contributed by atoms with van der Waals surface area (Å²) < 4.78 is 0. The zero-order chi connectivity index (χ0) is 11.5. The highest BCUT2D eigenvalue weighted by Crippen LogP contribution is 2.31. The maximum atomic E-state index is 6.06. The highest BCUT2D eigenvalue weighted by Gasteiger charge is 2.22. The lowest BCUT2D eigenvalue weighted by atomic mass is 9.91. The summed E-state index contributed by atoms with van der Waals surface area (Å²) in [6, 6.07) is 0.431. The Kier molecular flexibility index (Phi) is 3.90. The van der Waals surface area contributed by atoms with Crippen LogP contribution in [0.3, 0.4) is 0 Å². The van der Waals surface area contributed by atoms with Gasteiger partial charge in [-0.05, 0) is 12.8 Å². The van der Waals surface area contributed by atoms with Gasteiger partial charge in [-0.3, -0.25) is 4.98 Å². The summed E-state index contributed by atoms with van der Waals surface area (Å²) in [5.41, 5.74) is 6.81. The number of nitrogens with two attached hydrogens (primary N) is 1. The first kappa shape index (κ1) is 12.0. The van der Waals surface area contributed by atoms with Crippen molar-refractivity contribution in [3.05, 3.63) is 22.4 Å². The molecule has 0 radical (unpaired) electrons. The fourth-order valence-corrected chi connectivity index (χ4v) is 2.55. The number of pyridine rings is 1. The van der Waals surface area contributed by atoms with Crippen molar-refractivity contribution in [2.24, 2.45) is 5.73 Å². The quantitative estimate of drug-likeness (QED) is 0.859. The Hall–Kier alpha value is -0.510. The van der Waals surface area contributed by atoms with Crippen molar-refractivity contribution in [3.63, 3.8) is 0 Å². The maximum Gasteiger partial charge on any atom is 0.0836 e. The highest BCUT2D eigenvalue weighted by molar-refractivity contribution is 6.38. The van der Waals surface area contributed by atoms with E-state index in [1.54, 1.807) is 12.4 Å². The SMILES string of the molecule is NC1CCCCC1Nc1c(Cl)cncc1Cl. The summed E-state index contributed by atoms with van der Waals surface area (Å²) in [5.74, 6) is 0. The van der Waals surface area contributed by atoms with Crippen molar-refractivity contribution in [2.45, 2.75) is 37.8 Å². The second-order valence-electron chi connectivity index (χ2n) is 4.18. The molecule has 2 rings (SSSR count). The molecule has 1 heterocycles. The molecule has 2 unspecified atom stereocenters. The maximum absolute atomic E-state index is 6.06. The number of nitrogens with one attached hydrogen (secondary N) is 1. The molecule has 0 bridgehead atoms. The minimum Gasteiger partial charge on any atom is -0.378 e. The van der Waals surface area contributed by atoms with Gasteiger partial charge in [0.1, 0.15) is 0 Å². The third-order valence-corrected chi connectivity index (χ3v) is 3.58. The normalized spacial score (nSPS) is 25.4. The Morgan fingerprint density at radius 2 is 1.81 bits per heavy atom. The van der Waals surface area contributed by atoms with Crippen LogP contribution in [0.15, 0.2) is 12.4 Å². The fraction of sp³-hybridized carbons (Fsp3) is 0.545. The van der Waals surface area contributed by atoms with Gasteiger partial charge in [0, 0.05) is 24.5 Å². The van der Waals surface area contributed by atoms with E-state index in [1.165, 1.54) is 12.8 Å². The largest absolute Gasteiger partial charge is 0.378 e. The standard InChI is InChI=1S/C11H15Cl2N3/c12-7-5-15-6-8(13)11(7)16-10-4-2-1-3-9(10)14/h5-6,9-10H,1-4,14H2,(H,15,16). The van der Waals surface area contributed by atoms with E-state index in [0.717, 1.165) is 18.5 Å². The number of halogens is 2. The molecule has 1 aromatic heterocycles. The molecular weight excluding hydrogens is 245 g/mol. The Labute approximate surface area is 105 Å². The van der Waals surface area contributed by atoms with Gasteiger partial charge in [-0.1, -0.05) is 36.0 Å². The number of anilines is 1. The number of rotatable bonds is 2. The van der Waals surface area contributed by atoms with Crippen LogP contribution in [0.25, 0.3) is 0 Å². The minimum absolute atomic E-state index is 0.175. The van der Waals surface area contributed by atoms with Crippen LogP contribution in [0.5, 0.6) is 0 Å². The van der Waals surface area contributed by atoms with Crippen molar-refractivity contribution in [2.75, 3.05) is 5.32 Å². The Bertz CT molecular complexity index is 350. The van der Waals surface area contributed by atoms with Gasteiger partial charge in [0.25, 0.3) is 0 Å². The summed E-state index contributed by atoms with van der Waals surface area (Å²) in [7, 11) is 0. The summed E-state index contributed by atoms with van der Waals surface area (Å²) in [5, 5.41) is 4.43. The molecule has 1 aliphatic rings. The van der Waals surface area contributed by atoms with E-state index < -0.39 is 0 Å². The van der Waals surface area contributed by atoms with Gasteiger partial charge < -0.3 is 11.1 Å². The third-order valence-electron chi connectivity index (χ3n) is 3.00. The Balaban J connectivity index is 2.13. The molecule has 1 aromatic rings. The molecule has 0 aromatic carbocycles. The van der Waals surface area contributed by atoms with Crippen LogP contribution in [-0.4, -0.2) is 17.1 Å². The zero-order valence-electron chi connectivity index (χ0n) is 8.92. The van der Waals surface area contributed by atoms with Gasteiger partial charge in [-0.25, -0.2) is 0 Å².